The van der Waals surface area contributed by atoms with Crippen LogP contribution in [0.25, 0.3) is 6.08 Å². The van der Waals surface area contributed by atoms with Crippen LogP contribution in [0, 0.1) is 0 Å². The fourth-order valence-electron chi connectivity index (χ4n) is 1.87. The molecule has 2 amide bonds. The average Bonchev–Trinajstić information content (AvgIpc) is 2.60. The number of nitrogens with one attached hydrogen (secondary N) is 2. The van der Waals surface area contributed by atoms with E-state index in [9.17, 15) is 9.59 Å². The summed E-state index contributed by atoms with van der Waals surface area (Å²) in [6.45, 7) is 0. The lowest BCUT2D eigenvalue weighted by atomic mass is 10.2. The van der Waals surface area contributed by atoms with Gasteiger partial charge in [0.25, 0.3) is 11.8 Å². The van der Waals surface area contributed by atoms with Gasteiger partial charge in [0, 0.05) is 16.7 Å². The number of hydrogen-bond donors (Lipinski definition) is 2. The van der Waals surface area contributed by atoms with Crippen LogP contribution in [0.1, 0.15) is 15.9 Å². The largest absolute Gasteiger partial charge is 0.496 e. The Balaban J connectivity index is 1.97. The molecular weight excluding hydrogens is 351 g/mol. The van der Waals surface area contributed by atoms with Gasteiger partial charge in [0.05, 0.1) is 17.7 Å². The first kappa shape index (κ1) is 17.8. The lowest BCUT2D eigenvalue weighted by Crippen LogP contribution is -2.40. The molecule has 7 heteroatoms. The molecule has 0 saturated heterocycles. The van der Waals surface area contributed by atoms with E-state index in [1.807, 2.05) is 12.1 Å². The minimum Gasteiger partial charge on any atom is -0.496 e. The third kappa shape index (κ3) is 4.75. The summed E-state index contributed by atoms with van der Waals surface area (Å²) < 4.78 is 5.18. The summed E-state index contributed by atoms with van der Waals surface area (Å²) in [4.78, 5) is 23.8. The zero-order chi connectivity index (χ0) is 17.5. The Hall–Kier alpha value is -2.50. The van der Waals surface area contributed by atoms with Crippen molar-refractivity contribution in [2.24, 2.45) is 0 Å². The summed E-state index contributed by atoms with van der Waals surface area (Å²) in [5.41, 5.74) is 5.44. The Labute approximate surface area is 149 Å². The summed E-state index contributed by atoms with van der Waals surface area (Å²) >= 11 is 11.7. The van der Waals surface area contributed by atoms with Crippen LogP contribution in [0.2, 0.25) is 10.0 Å². The monoisotopic (exact) mass is 364 g/mol. The molecule has 5 nitrogen and oxygen atoms in total. The number of methoxy groups -OCH3 is 1. The topological polar surface area (TPSA) is 67.4 Å². The molecule has 0 atom stereocenters. The fourth-order valence-corrected chi connectivity index (χ4v) is 2.24. The van der Waals surface area contributed by atoms with Crippen LogP contribution >= 0.6 is 23.2 Å². The number of amides is 2. The van der Waals surface area contributed by atoms with Crippen LogP contribution in [0.5, 0.6) is 5.75 Å². The van der Waals surface area contributed by atoms with Crippen molar-refractivity contribution in [3.63, 3.8) is 0 Å². The Kier molecular flexibility index (Phi) is 6.23. The number of carbonyl (C=O) groups is 2. The van der Waals surface area contributed by atoms with Gasteiger partial charge in [-0.15, -0.1) is 0 Å². The number of benzene rings is 2. The van der Waals surface area contributed by atoms with E-state index in [-0.39, 0.29) is 10.6 Å². The lowest BCUT2D eigenvalue weighted by molar-refractivity contribution is -0.117. The van der Waals surface area contributed by atoms with Crippen molar-refractivity contribution >= 4 is 41.1 Å². The van der Waals surface area contributed by atoms with Crippen molar-refractivity contribution in [3.8, 4) is 5.75 Å². The summed E-state index contributed by atoms with van der Waals surface area (Å²) in [5, 5.41) is 0.600. The van der Waals surface area contributed by atoms with E-state index in [1.165, 1.54) is 18.2 Å². The van der Waals surface area contributed by atoms with Gasteiger partial charge in [-0.1, -0.05) is 41.4 Å². The Morgan fingerprint density at radius 1 is 1.08 bits per heavy atom. The number of para-hydroxylation sites is 1. The molecule has 0 fully saturated rings. The Morgan fingerprint density at radius 3 is 2.58 bits per heavy atom. The van der Waals surface area contributed by atoms with Crippen LogP contribution in [0.15, 0.2) is 48.5 Å². The average molecular weight is 365 g/mol. The van der Waals surface area contributed by atoms with Crippen LogP contribution in [0.4, 0.5) is 0 Å². The molecule has 0 spiro atoms. The number of hydrazine groups is 1. The highest BCUT2D eigenvalue weighted by molar-refractivity contribution is 6.35. The summed E-state index contributed by atoms with van der Waals surface area (Å²) in [6.07, 6.45) is 2.85. The molecule has 0 unspecified atom stereocenters. The lowest BCUT2D eigenvalue weighted by Gasteiger charge is -2.07. The van der Waals surface area contributed by atoms with Crippen molar-refractivity contribution in [2.45, 2.75) is 0 Å². The fraction of sp³-hybridized carbons (Fsp3) is 0.0588. The molecule has 0 bridgehead atoms. The van der Waals surface area contributed by atoms with Gasteiger partial charge in [0.15, 0.2) is 0 Å². The molecule has 0 saturated carbocycles. The molecule has 0 heterocycles. The van der Waals surface area contributed by atoms with Crippen LogP contribution in [0.3, 0.4) is 0 Å². The predicted octanol–water partition coefficient (Wildman–Crippen LogP) is 3.48. The minimum absolute atomic E-state index is 0.165. The van der Waals surface area contributed by atoms with Gasteiger partial charge in [0.1, 0.15) is 5.75 Å². The SMILES string of the molecule is COc1ccccc1/C=C/C(=O)NNC(=O)c1cc(Cl)ccc1Cl. The summed E-state index contributed by atoms with van der Waals surface area (Å²) in [7, 11) is 1.54. The predicted molar refractivity (Wildman–Crippen MR) is 94.1 cm³/mol. The van der Waals surface area contributed by atoms with Crippen LogP contribution < -0.4 is 15.6 Å². The Morgan fingerprint density at radius 2 is 1.83 bits per heavy atom. The van der Waals surface area contributed by atoms with Crippen molar-refractivity contribution < 1.29 is 14.3 Å². The molecule has 0 radical (unpaired) electrons. The first-order valence-electron chi connectivity index (χ1n) is 6.87. The van der Waals surface area contributed by atoms with Gasteiger partial charge in [-0.3, -0.25) is 20.4 Å². The molecule has 2 N–H and O–H groups in total. The van der Waals surface area contributed by atoms with E-state index in [2.05, 4.69) is 10.9 Å². The summed E-state index contributed by atoms with van der Waals surface area (Å²) in [6, 6.07) is 11.7. The van der Waals surface area contributed by atoms with E-state index in [1.54, 1.807) is 31.4 Å². The first-order valence-corrected chi connectivity index (χ1v) is 7.63. The van der Waals surface area contributed by atoms with Crippen molar-refractivity contribution in [1.82, 2.24) is 10.9 Å². The van der Waals surface area contributed by atoms with Crippen molar-refractivity contribution in [2.75, 3.05) is 7.11 Å². The van der Waals surface area contributed by atoms with Gasteiger partial charge in [-0.25, -0.2) is 0 Å². The molecule has 0 aliphatic carbocycles. The highest BCUT2D eigenvalue weighted by atomic mass is 35.5. The van der Waals surface area contributed by atoms with E-state index in [0.29, 0.717) is 10.8 Å². The molecular formula is C17H14Cl2N2O3. The van der Waals surface area contributed by atoms with Gasteiger partial charge in [-0.05, 0) is 30.3 Å². The van der Waals surface area contributed by atoms with E-state index in [4.69, 9.17) is 27.9 Å². The molecule has 0 aliphatic heterocycles. The number of carbonyl (C=O) groups excluding carboxylic acids is 2. The second-order valence-electron chi connectivity index (χ2n) is 4.64. The standard InChI is InChI=1S/C17H14Cl2N2O3/c1-24-15-5-3-2-4-11(15)6-9-16(22)20-21-17(23)13-10-12(18)7-8-14(13)19/h2-10H,1H3,(H,20,22)(H,21,23)/b9-6+. The third-order valence-corrected chi connectivity index (χ3v) is 3.59. The maximum atomic E-state index is 12.0. The maximum absolute atomic E-state index is 12.0. The molecule has 0 aromatic heterocycles. The zero-order valence-corrected chi connectivity index (χ0v) is 14.2. The zero-order valence-electron chi connectivity index (χ0n) is 12.7. The number of ether oxygens (including phenoxy) is 1. The highest BCUT2D eigenvalue weighted by Gasteiger charge is 2.11. The van der Waals surface area contributed by atoms with Gasteiger partial charge >= 0.3 is 0 Å². The molecule has 2 aromatic rings. The number of halogens is 2. The van der Waals surface area contributed by atoms with Gasteiger partial charge in [0.2, 0.25) is 0 Å². The van der Waals surface area contributed by atoms with E-state index < -0.39 is 11.8 Å². The smallest absolute Gasteiger partial charge is 0.271 e. The molecule has 2 rings (SSSR count). The second-order valence-corrected chi connectivity index (χ2v) is 5.49. The Bertz CT molecular complexity index is 791. The van der Waals surface area contributed by atoms with E-state index in [0.717, 1.165) is 5.56 Å². The van der Waals surface area contributed by atoms with Crippen LogP contribution in [-0.4, -0.2) is 18.9 Å². The quantitative estimate of drug-likeness (QED) is 0.644. The van der Waals surface area contributed by atoms with Crippen LogP contribution in [-0.2, 0) is 4.79 Å². The van der Waals surface area contributed by atoms with E-state index >= 15 is 0 Å². The second kappa shape index (κ2) is 8.38. The highest BCUT2D eigenvalue weighted by Crippen LogP contribution is 2.20. The minimum atomic E-state index is -0.568. The molecule has 124 valence electrons. The van der Waals surface area contributed by atoms with Crippen molar-refractivity contribution in [1.29, 1.82) is 0 Å². The molecule has 24 heavy (non-hydrogen) atoms. The van der Waals surface area contributed by atoms with Gasteiger partial charge in [-0.2, -0.15) is 0 Å². The summed E-state index contributed by atoms with van der Waals surface area (Å²) in [5.74, 6) is -0.440. The maximum Gasteiger partial charge on any atom is 0.271 e. The molecule has 2 aromatic carbocycles. The number of rotatable bonds is 4. The normalized spacial score (nSPS) is 10.5. The molecule has 0 aliphatic rings. The number of hydrogen-bond acceptors (Lipinski definition) is 3. The van der Waals surface area contributed by atoms with Gasteiger partial charge < -0.3 is 4.74 Å². The first-order chi connectivity index (χ1) is 11.5. The van der Waals surface area contributed by atoms with Crippen molar-refractivity contribution in [3.05, 3.63) is 69.7 Å². The third-order valence-electron chi connectivity index (χ3n) is 3.03.